The summed E-state index contributed by atoms with van der Waals surface area (Å²) in [7, 11) is 0. The number of nitrogens with two attached hydrogens (primary N) is 1. The highest BCUT2D eigenvalue weighted by Crippen LogP contribution is 2.26. The third-order valence-electron chi connectivity index (χ3n) is 4.95. The van der Waals surface area contributed by atoms with Crippen LogP contribution in [-0.4, -0.2) is 15.4 Å². The Morgan fingerprint density at radius 3 is 2.55 bits per heavy atom. The zero-order chi connectivity index (χ0) is 20.8. The largest absolute Gasteiger partial charge is 0.325 e. The fraction of sp³-hybridized carbons (Fsp3) is 0.273. The molecule has 0 saturated carbocycles. The molecule has 2 aromatic carbocycles. The first-order chi connectivity index (χ1) is 14.1. The number of aromatic nitrogens is 2. The summed E-state index contributed by atoms with van der Waals surface area (Å²) in [5, 5.41) is 11.7. The molecule has 0 spiro atoms. The van der Waals surface area contributed by atoms with E-state index in [4.69, 9.17) is 28.3 Å². The number of benzene rings is 2. The maximum absolute atomic E-state index is 7.90. The van der Waals surface area contributed by atoms with Crippen molar-refractivity contribution in [3.63, 3.8) is 0 Å². The van der Waals surface area contributed by atoms with Gasteiger partial charge in [0.15, 0.2) is 11.0 Å². The summed E-state index contributed by atoms with van der Waals surface area (Å²) in [6, 6.07) is 15.7. The average Bonchev–Trinajstić information content (AvgIpc) is 3.06. The van der Waals surface area contributed by atoms with E-state index >= 15 is 0 Å². The van der Waals surface area contributed by atoms with E-state index in [1.54, 1.807) is 0 Å². The van der Waals surface area contributed by atoms with Gasteiger partial charge in [0.2, 0.25) is 0 Å². The molecule has 6 nitrogen and oxygen atoms in total. The van der Waals surface area contributed by atoms with Gasteiger partial charge in [0.1, 0.15) is 5.82 Å². The predicted molar refractivity (Wildman–Crippen MR) is 117 cm³/mol. The molecule has 1 aromatic heterocycles. The van der Waals surface area contributed by atoms with Gasteiger partial charge in [-0.15, -0.1) is 5.11 Å². The molecule has 29 heavy (non-hydrogen) atoms. The molecule has 150 valence electrons. The van der Waals surface area contributed by atoms with Crippen LogP contribution in [0, 0.1) is 10.9 Å². The first kappa shape index (κ1) is 20.9. The van der Waals surface area contributed by atoms with Gasteiger partial charge < -0.3 is 10.3 Å². The molecule has 0 bridgehead atoms. The van der Waals surface area contributed by atoms with E-state index in [9.17, 15) is 0 Å². The zero-order valence-corrected chi connectivity index (χ0v) is 17.2. The van der Waals surface area contributed by atoms with Crippen LogP contribution < -0.4 is 5.73 Å². The minimum absolute atomic E-state index is 0.0501. The first-order valence-corrected chi connectivity index (χ1v) is 10.0. The molecule has 0 saturated heterocycles. The number of nitrogens with zero attached hydrogens (tertiary/aromatic N) is 3. The van der Waals surface area contributed by atoms with Crippen LogP contribution in [0.1, 0.15) is 42.4 Å². The molecule has 0 atom stereocenters. The summed E-state index contributed by atoms with van der Waals surface area (Å²) < 4.78 is 2.12. The Morgan fingerprint density at radius 2 is 1.90 bits per heavy atom. The average molecular weight is 409 g/mol. The molecule has 0 aliphatic rings. The molecule has 0 radical (unpaired) electrons. The van der Waals surface area contributed by atoms with Crippen molar-refractivity contribution in [2.45, 2.75) is 39.3 Å². The van der Waals surface area contributed by atoms with Crippen molar-refractivity contribution in [1.29, 1.82) is 10.9 Å². The van der Waals surface area contributed by atoms with E-state index in [2.05, 4.69) is 33.7 Å². The molecule has 7 heteroatoms. The number of unbranched alkanes of at least 4 members (excludes halogenated alkanes) is 1. The van der Waals surface area contributed by atoms with Crippen molar-refractivity contribution in [1.82, 2.24) is 9.55 Å². The minimum atomic E-state index is -0.0501. The second-order valence-electron chi connectivity index (χ2n) is 6.86. The Morgan fingerprint density at radius 1 is 1.17 bits per heavy atom. The highest BCUT2D eigenvalue weighted by atomic mass is 35.5. The van der Waals surface area contributed by atoms with Gasteiger partial charge in [0, 0.05) is 25.1 Å². The molecular weight excluding hydrogens is 384 g/mol. The number of hydrogen-bond acceptors (Lipinski definition) is 4. The van der Waals surface area contributed by atoms with Gasteiger partial charge in [0.25, 0.3) is 0 Å². The standard InChI is InChI=1S/C22H25ClN6/c1-2-3-8-20-27-21(23)19(13-24)29(20)14-15-9-11-16(12-10-15)17-6-4-5-7-18(17)22(25)28-26/h4-7,9-12,25-26H,2-3,8,13-14,24H2,1H3. The lowest BCUT2D eigenvalue weighted by Gasteiger charge is -2.13. The molecule has 3 rings (SSSR count). The van der Waals surface area contributed by atoms with Crippen LogP contribution in [0.15, 0.2) is 53.6 Å². The van der Waals surface area contributed by atoms with Crippen molar-refractivity contribution in [2.24, 2.45) is 10.8 Å². The van der Waals surface area contributed by atoms with Crippen LogP contribution in [0.2, 0.25) is 5.15 Å². The monoisotopic (exact) mass is 408 g/mol. The zero-order valence-electron chi connectivity index (χ0n) is 16.5. The summed E-state index contributed by atoms with van der Waals surface area (Å²) in [6.07, 6.45) is 3.02. The minimum Gasteiger partial charge on any atom is -0.325 e. The van der Waals surface area contributed by atoms with Crippen molar-refractivity contribution >= 4 is 17.4 Å². The van der Waals surface area contributed by atoms with E-state index in [0.29, 0.717) is 23.8 Å². The summed E-state index contributed by atoms with van der Waals surface area (Å²) in [5.41, 5.74) is 17.5. The Balaban J connectivity index is 1.90. The fourth-order valence-corrected chi connectivity index (χ4v) is 3.66. The number of aryl methyl sites for hydroxylation is 1. The van der Waals surface area contributed by atoms with Gasteiger partial charge in [-0.3, -0.25) is 5.41 Å². The Kier molecular flexibility index (Phi) is 6.90. The summed E-state index contributed by atoms with van der Waals surface area (Å²) >= 11 is 6.31. The smallest absolute Gasteiger partial charge is 0.174 e. The van der Waals surface area contributed by atoms with Crippen LogP contribution in [0.25, 0.3) is 11.1 Å². The van der Waals surface area contributed by atoms with Gasteiger partial charge in [-0.1, -0.05) is 73.5 Å². The molecular formula is C22H25ClN6. The van der Waals surface area contributed by atoms with Gasteiger partial charge in [-0.2, -0.15) is 0 Å². The van der Waals surface area contributed by atoms with Gasteiger partial charge >= 0.3 is 0 Å². The lowest BCUT2D eigenvalue weighted by molar-refractivity contribution is 0.655. The van der Waals surface area contributed by atoms with E-state index in [-0.39, 0.29) is 5.84 Å². The van der Waals surface area contributed by atoms with Crippen LogP contribution in [-0.2, 0) is 19.5 Å². The van der Waals surface area contributed by atoms with Crippen molar-refractivity contribution < 1.29 is 0 Å². The van der Waals surface area contributed by atoms with Gasteiger partial charge in [-0.05, 0) is 23.1 Å². The van der Waals surface area contributed by atoms with E-state index < -0.39 is 0 Å². The number of amidine groups is 1. The summed E-state index contributed by atoms with van der Waals surface area (Å²) in [4.78, 5) is 4.52. The lowest BCUT2D eigenvalue weighted by Crippen LogP contribution is -2.12. The predicted octanol–water partition coefficient (Wildman–Crippen LogP) is 5.41. The maximum atomic E-state index is 7.90. The van der Waals surface area contributed by atoms with Crippen molar-refractivity contribution in [3.05, 3.63) is 76.3 Å². The van der Waals surface area contributed by atoms with E-state index in [0.717, 1.165) is 47.5 Å². The summed E-state index contributed by atoms with van der Waals surface area (Å²) in [5.74, 6) is 0.920. The third-order valence-corrected chi connectivity index (χ3v) is 5.25. The van der Waals surface area contributed by atoms with Crippen molar-refractivity contribution in [2.75, 3.05) is 0 Å². The Labute approximate surface area is 175 Å². The van der Waals surface area contributed by atoms with Crippen LogP contribution in [0.5, 0.6) is 0 Å². The SMILES string of the molecule is CCCCc1nc(Cl)c(CN)n1Cc1ccc(-c2ccccc2C(=N)N=N)cc1. The highest BCUT2D eigenvalue weighted by Gasteiger charge is 2.15. The number of nitrogens with one attached hydrogen (secondary N) is 2. The Hall–Kier alpha value is -2.83. The molecule has 0 aliphatic heterocycles. The quantitative estimate of drug-likeness (QED) is 0.263. The second-order valence-corrected chi connectivity index (χ2v) is 7.22. The maximum Gasteiger partial charge on any atom is 0.174 e. The fourth-order valence-electron chi connectivity index (χ4n) is 3.39. The van der Waals surface area contributed by atoms with E-state index in [1.165, 1.54) is 0 Å². The molecule has 0 fully saturated rings. The van der Waals surface area contributed by atoms with Crippen LogP contribution >= 0.6 is 11.6 Å². The highest BCUT2D eigenvalue weighted by molar-refractivity contribution is 6.30. The third kappa shape index (κ3) is 4.60. The number of hydrogen-bond donors (Lipinski definition) is 3. The number of rotatable bonds is 8. The van der Waals surface area contributed by atoms with Gasteiger partial charge in [-0.25, -0.2) is 10.5 Å². The molecule has 4 N–H and O–H groups in total. The topological polar surface area (TPSA) is 104 Å². The van der Waals surface area contributed by atoms with Crippen LogP contribution in [0.3, 0.4) is 0 Å². The van der Waals surface area contributed by atoms with Crippen molar-refractivity contribution in [3.8, 4) is 11.1 Å². The Bertz CT molecular complexity index is 1010. The first-order valence-electron chi connectivity index (χ1n) is 9.67. The summed E-state index contributed by atoms with van der Waals surface area (Å²) in [6.45, 7) is 3.16. The normalized spacial score (nSPS) is 10.9. The van der Waals surface area contributed by atoms with Gasteiger partial charge in [0.05, 0.1) is 5.69 Å². The molecule has 1 heterocycles. The lowest BCUT2D eigenvalue weighted by atomic mass is 9.98. The number of halogens is 1. The van der Waals surface area contributed by atoms with Crippen LogP contribution in [0.4, 0.5) is 0 Å². The molecule has 3 aromatic rings. The molecule has 0 amide bonds. The molecule has 0 unspecified atom stereocenters. The number of imidazole rings is 1. The van der Waals surface area contributed by atoms with E-state index in [1.807, 2.05) is 36.4 Å². The molecule has 0 aliphatic carbocycles. The second kappa shape index (κ2) is 9.58.